The molecule has 0 spiro atoms. The van der Waals surface area contributed by atoms with E-state index in [1.165, 1.54) is 37.1 Å². The first kappa shape index (κ1) is 27.6. The van der Waals surface area contributed by atoms with Crippen molar-refractivity contribution in [2.24, 2.45) is 5.92 Å². The lowest BCUT2D eigenvalue weighted by Crippen LogP contribution is -2.46. The Labute approximate surface area is 191 Å². The number of benzene rings is 1. The number of hydrogen-bond acceptors (Lipinski definition) is 5. The molecule has 0 aliphatic carbocycles. The second kappa shape index (κ2) is 15.4. The molecule has 1 atom stereocenters. The van der Waals surface area contributed by atoms with Crippen molar-refractivity contribution in [1.82, 2.24) is 14.7 Å². The summed E-state index contributed by atoms with van der Waals surface area (Å²) in [5, 5.41) is 13.8. The average Bonchev–Trinajstić information content (AvgIpc) is 3.25. The molecular weight excluding hydrogens is 410 g/mol. The fraction of sp³-hybridized carbons (Fsp3) is 0.625. The van der Waals surface area contributed by atoms with Gasteiger partial charge in [0.2, 0.25) is 5.91 Å². The number of nitrogens with zero attached hydrogens (tertiary/aromatic N) is 3. The maximum Gasteiger partial charge on any atom is 0.290 e. The molecule has 1 aromatic rings. The molecular formula is C24H39N3O5. The van der Waals surface area contributed by atoms with Gasteiger partial charge in [0.15, 0.2) is 0 Å². The Balaban J connectivity index is 0.000000769. The third-order valence-electron chi connectivity index (χ3n) is 5.89. The van der Waals surface area contributed by atoms with Gasteiger partial charge in [-0.2, -0.15) is 0 Å². The monoisotopic (exact) mass is 449 g/mol. The molecule has 1 amide bonds. The molecule has 32 heavy (non-hydrogen) atoms. The molecule has 8 nitrogen and oxygen atoms in total. The first-order valence-corrected chi connectivity index (χ1v) is 11.3. The van der Waals surface area contributed by atoms with Crippen molar-refractivity contribution in [1.29, 1.82) is 0 Å². The summed E-state index contributed by atoms with van der Waals surface area (Å²) in [4.78, 5) is 35.9. The van der Waals surface area contributed by atoms with Gasteiger partial charge in [0, 0.05) is 38.6 Å². The lowest BCUT2D eigenvalue weighted by Gasteiger charge is -2.37. The first-order chi connectivity index (χ1) is 15.4. The third kappa shape index (κ3) is 9.78. The first-order valence-electron chi connectivity index (χ1n) is 11.3. The molecule has 0 aromatic heterocycles. The van der Waals surface area contributed by atoms with Crippen LogP contribution in [-0.2, 0) is 27.5 Å². The summed E-state index contributed by atoms with van der Waals surface area (Å²) in [5.41, 5.74) is 2.93. The highest BCUT2D eigenvalue weighted by molar-refractivity contribution is 5.77. The van der Waals surface area contributed by atoms with Crippen molar-refractivity contribution in [2.45, 2.75) is 58.7 Å². The number of carboxylic acid groups (broad SMARTS) is 2. The molecule has 2 saturated heterocycles. The van der Waals surface area contributed by atoms with Crippen molar-refractivity contribution in [3.05, 3.63) is 35.4 Å². The van der Waals surface area contributed by atoms with Crippen LogP contribution in [0.4, 0.5) is 0 Å². The van der Waals surface area contributed by atoms with E-state index in [0.29, 0.717) is 24.3 Å². The standard InChI is InChI=1S/C22H35N3O.2CH2O2/c1-18(2)25-15-19(10-11-22(25)26)14-23(3)16-20-8-4-5-9-21(20)17-24-12-6-7-13-24;2*2-1-3/h4-5,8-9,18-19H,6-7,10-17H2,1-3H3;2*1H,(H,2,3). The molecule has 2 fully saturated rings. The van der Waals surface area contributed by atoms with Crippen LogP contribution in [0.2, 0.25) is 0 Å². The van der Waals surface area contributed by atoms with Gasteiger partial charge in [0.05, 0.1) is 0 Å². The summed E-state index contributed by atoms with van der Waals surface area (Å²) in [5.74, 6) is 0.917. The summed E-state index contributed by atoms with van der Waals surface area (Å²) in [6, 6.07) is 9.23. The maximum absolute atomic E-state index is 12.1. The quantitative estimate of drug-likeness (QED) is 0.617. The maximum atomic E-state index is 12.1. The zero-order valence-electron chi connectivity index (χ0n) is 19.7. The highest BCUT2D eigenvalue weighted by atomic mass is 16.3. The molecule has 0 radical (unpaired) electrons. The van der Waals surface area contributed by atoms with Crippen molar-refractivity contribution in [2.75, 3.05) is 33.2 Å². The smallest absolute Gasteiger partial charge is 0.290 e. The summed E-state index contributed by atoms with van der Waals surface area (Å²) >= 11 is 0. The van der Waals surface area contributed by atoms with Crippen molar-refractivity contribution in [3.63, 3.8) is 0 Å². The summed E-state index contributed by atoms with van der Waals surface area (Å²) < 4.78 is 0. The van der Waals surface area contributed by atoms with E-state index < -0.39 is 0 Å². The molecule has 1 unspecified atom stereocenters. The Kier molecular flexibility index (Phi) is 13.2. The minimum absolute atomic E-state index is 0.250. The predicted molar refractivity (Wildman–Crippen MR) is 124 cm³/mol. The molecule has 2 heterocycles. The van der Waals surface area contributed by atoms with E-state index in [0.717, 1.165) is 32.6 Å². The molecule has 1 aromatic carbocycles. The Bertz CT molecular complexity index is 686. The van der Waals surface area contributed by atoms with E-state index in [9.17, 15) is 4.79 Å². The third-order valence-corrected chi connectivity index (χ3v) is 5.89. The van der Waals surface area contributed by atoms with Crippen molar-refractivity contribution in [3.8, 4) is 0 Å². The van der Waals surface area contributed by atoms with Crippen LogP contribution in [0.1, 0.15) is 50.7 Å². The summed E-state index contributed by atoms with van der Waals surface area (Å²) in [6.45, 7) is 10.3. The van der Waals surface area contributed by atoms with E-state index in [4.69, 9.17) is 19.8 Å². The number of carbonyl (C=O) groups is 3. The van der Waals surface area contributed by atoms with Gasteiger partial charge < -0.3 is 20.0 Å². The topological polar surface area (TPSA) is 101 Å². The van der Waals surface area contributed by atoms with Crippen molar-refractivity contribution < 1.29 is 24.6 Å². The van der Waals surface area contributed by atoms with E-state index in [1.54, 1.807) is 0 Å². The zero-order valence-corrected chi connectivity index (χ0v) is 19.7. The Hall–Kier alpha value is -2.45. The second-order valence-electron chi connectivity index (χ2n) is 8.70. The highest BCUT2D eigenvalue weighted by Crippen LogP contribution is 2.22. The van der Waals surface area contributed by atoms with Gasteiger partial charge in [-0.05, 0) is 70.3 Å². The molecule has 2 aliphatic rings. The number of amides is 1. The van der Waals surface area contributed by atoms with Crippen LogP contribution in [0.5, 0.6) is 0 Å². The highest BCUT2D eigenvalue weighted by Gasteiger charge is 2.28. The van der Waals surface area contributed by atoms with Gasteiger partial charge in [-0.1, -0.05) is 24.3 Å². The van der Waals surface area contributed by atoms with E-state index in [-0.39, 0.29) is 12.9 Å². The van der Waals surface area contributed by atoms with E-state index in [1.807, 2.05) is 0 Å². The Morgan fingerprint density at radius 3 is 2.22 bits per heavy atom. The molecule has 8 heteroatoms. The molecule has 180 valence electrons. The Morgan fingerprint density at radius 1 is 1.09 bits per heavy atom. The van der Waals surface area contributed by atoms with Crippen LogP contribution < -0.4 is 0 Å². The van der Waals surface area contributed by atoms with Crippen LogP contribution in [0.3, 0.4) is 0 Å². The number of carbonyl (C=O) groups excluding carboxylic acids is 1. The second-order valence-corrected chi connectivity index (χ2v) is 8.70. The molecule has 2 aliphatic heterocycles. The van der Waals surface area contributed by atoms with Gasteiger partial charge in [-0.15, -0.1) is 0 Å². The number of likely N-dealkylation sites (tertiary alicyclic amines) is 2. The average molecular weight is 450 g/mol. The fourth-order valence-electron chi connectivity index (χ4n) is 4.43. The van der Waals surface area contributed by atoms with Crippen molar-refractivity contribution >= 4 is 18.9 Å². The fourth-order valence-corrected chi connectivity index (χ4v) is 4.43. The SMILES string of the molecule is CC(C)N1CC(CN(C)Cc2ccccc2CN2CCCC2)CCC1=O.O=CO.O=CO. The predicted octanol–water partition coefficient (Wildman–Crippen LogP) is 2.76. The number of rotatable bonds is 7. The van der Waals surface area contributed by atoms with Gasteiger partial charge in [-0.3, -0.25) is 19.3 Å². The summed E-state index contributed by atoms with van der Waals surface area (Å²) in [6.07, 6.45) is 4.42. The van der Waals surface area contributed by atoms with E-state index >= 15 is 0 Å². The van der Waals surface area contributed by atoms with Crippen LogP contribution in [0, 0.1) is 5.92 Å². The van der Waals surface area contributed by atoms with Gasteiger partial charge in [0.25, 0.3) is 12.9 Å². The van der Waals surface area contributed by atoms with Gasteiger partial charge >= 0.3 is 0 Å². The van der Waals surface area contributed by atoms with Crippen LogP contribution in [-0.4, -0.2) is 83.0 Å². The molecule has 0 saturated carbocycles. The molecule has 2 N–H and O–H groups in total. The van der Waals surface area contributed by atoms with Gasteiger partial charge in [-0.25, -0.2) is 0 Å². The minimum atomic E-state index is -0.250. The lowest BCUT2D eigenvalue weighted by atomic mass is 9.95. The molecule has 3 rings (SSSR count). The number of piperidine rings is 1. The van der Waals surface area contributed by atoms with E-state index in [2.05, 4.69) is 59.9 Å². The van der Waals surface area contributed by atoms with Crippen LogP contribution in [0.25, 0.3) is 0 Å². The number of hydrogen-bond donors (Lipinski definition) is 2. The lowest BCUT2D eigenvalue weighted by molar-refractivity contribution is -0.137. The zero-order chi connectivity index (χ0) is 23.9. The minimum Gasteiger partial charge on any atom is -0.483 e. The largest absolute Gasteiger partial charge is 0.483 e. The Morgan fingerprint density at radius 2 is 1.66 bits per heavy atom. The normalized spacial score (nSPS) is 18.6. The summed E-state index contributed by atoms with van der Waals surface area (Å²) in [7, 11) is 2.22. The van der Waals surface area contributed by atoms with Gasteiger partial charge in [0.1, 0.15) is 0 Å². The molecule has 0 bridgehead atoms. The van der Waals surface area contributed by atoms with Crippen LogP contribution in [0.15, 0.2) is 24.3 Å². The van der Waals surface area contributed by atoms with Crippen LogP contribution >= 0.6 is 0 Å².